The van der Waals surface area contributed by atoms with E-state index in [1.165, 1.54) is 17.4 Å². The number of nitrogens with one attached hydrogen (secondary N) is 5. The number of aromatic nitrogens is 2. The minimum Gasteiger partial charge on any atom is -0.394 e. The Morgan fingerprint density at radius 2 is 1.60 bits per heavy atom. The number of rotatable bonds is 19. The van der Waals surface area contributed by atoms with Gasteiger partial charge in [-0.2, -0.15) is 12.6 Å². The zero-order valence-electron chi connectivity index (χ0n) is 25.1. The summed E-state index contributed by atoms with van der Waals surface area (Å²) in [4.78, 5) is 107. The van der Waals surface area contributed by atoms with Crippen LogP contribution < -0.4 is 38.5 Å². The molecule has 0 spiro atoms. The molecule has 2 rings (SSSR count). The number of hydrogen-bond acceptors (Lipinski definition) is 12. The van der Waals surface area contributed by atoms with E-state index in [2.05, 4.69) is 43.9 Å². The largest absolute Gasteiger partial charge is 0.394 e. The lowest BCUT2D eigenvalue weighted by atomic mass is 10.1. The number of H-pyrrole nitrogens is 1. The first-order valence-electron chi connectivity index (χ1n) is 14.3. The molecule has 0 aliphatic carbocycles. The summed E-state index contributed by atoms with van der Waals surface area (Å²) in [6.45, 7) is -2.14. The summed E-state index contributed by atoms with van der Waals surface area (Å²) < 4.78 is 12.7. The van der Waals surface area contributed by atoms with Gasteiger partial charge in [-0.1, -0.05) is 0 Å². The Hall–Kier alpha value is -4.63. The quantitative estimate of drug-likeness (QED) is 0.0612. The molecule has 1 saturated heterocycles. The summed E-state index contributed by atoms with van der Waals surface area (Å²) in [5.74, 6) is -7.61. The van der Waals surface area contributed by atoms with E-state index < -0.39 is 110 Å². The van der Waals surface area contributed by atoms with Crippen LogP contribution in [-0.2, 0) is 44.8 Å². The normalized spacial score (nSPS) is 17.4. The van der Waals surface area contributed by atoms with Crippen molar-refractivity contribution in [3.63, 3.8) is 0 Å². The number of carbonyl (C=O) groups is 8. The molecule has 21 heteroatoms. The molecule has 6 atom stereocenters. The number of halogens is 1. The van der Waals surface area contributed by atoms with Crippen LogP contribution in [-0.4, -0.2) is 129 Å². The summed E-state index contributed by atoms with van der Waals surface area (Å²) >= 11 is 4.00. The first kappa shape index (κ1) is 38.6. The third-order valence-electron chi connectivity index (χ3n) is 7.11. The molecule has 1 aliphatic heterocycles. The molecule has 47 heavy (non-hydrogen) atoms. The predicted molar refractivity (Wildman–Crippen MR) is 162 cm³/mol. The number of nitrogens with two attached hydrogens (primary N) is 3. The standard InChI is InChI=1S/C26H39FN10O9S/c27-7-19(39)13(28)5-21(41)37-3-1-2-18(37)26(46)34-15(4-12-8-31-11-32-12)23(43)35-16(9-38)24(44)36-17(10-47)25(45)33-14(22(30)42)6-20(29)40/h8,11,13-18,38,47H,1-7,9-10,28H2,(H2,29,40)(H2,30,42)(H,31,32)(H,33,45)(H,34,46)(H,35,43)(H,36,44)/t13?,14-,15-,16-,17-,18-/m0/s1. The maximum atomic E-state index is 13.4. The van der Waals surface area contributed by atoms with Gasteiger partial charge >= 0.3 is 0 Å². The zero-order valence-corrected chi connectivity index (χ0v) is 26.0. The highest BCUT2D eigenvalue weighted by molar-refractivity contribution is 7.80. The van der Waals surface area contributed by atoms with Gasteiger partial charge in [0, 0.05) is 31.3 Å². The van der Waals surface area contributed by atoms with Crippen LogP contribution in [0, 0.1) is 0 Å². The molecule has 1 aromatic rings. The van der Waals surface area contributed by atoms with Crippen molar-refractivity contribution in [1.82, 2.24) is 36.1 Å². The molecule has 0 saturated carbocycles. The third-order valence-corrected chi connectivity index (χ3v) is 7.48. The number of aromatic amines is 1. The van der Waals surface area contributed by atoms with Crippen LogP contribution in [0.1, 0.15) is 31.4 Å². The second-order valence-corrected chi connectivity index (χ2v) is 11.0. The van der Waals surface area contributed by atoms with E-state index in [4.69, 9.17) is 17.2 Å². The fourth-order valence-corrected chi connectivity index (χ4v) is 4.83. The van der Waals surface area contributed by atoms with Gasteiger partial charge in [0.2, 0.25) is 41.4 Å². The van der Waals surface area contributed by atoms with Gasteiger partial charge in [0.1, 0.15) is 36.9 Å². The minimum absolute atomic E-state index is 0.152. The lowest BCUT2D eigenvalue weighted by Crippen LogP contribution is -2.60. The second-order valence-electron chi connectivity index (χ2n) is 10.6. The van der Waals surface area contributed by atoms with Crippen LogP contribution in [0.15, 0.2) is 12.5 Å². The number of nitrogens with zero attached hydrogens (tertiary/aromatic N) is 2. The highest BCUT2D eigenvalue weighted by Crippen LogP contribution is 2.19. The molecule has 2 heterocycles. The Morgan fingerprint density at radius 3 is 2.15 bits per heavy atom. The van der Waals surface area contributed by atoms with Crippen molar-refractivity contribution in [2.75, 3.05) is 25.6 Å². The monoisotopic (exact) mass is 686 g/mol. The number of amides is 7. The highest BCUT2D eigenvalue weighted by atomic mass is 32.1. The fraction of sp³-hybridized carbons (Fsp3) is 0.577. The van der Waals surface area contributed by atoms with Crippen molar-refractivity contribution >= 4 is 59.8 Å². The van der Waals surface area contributed by atoms with Gasteiger partial charge in [0.15, 0.2) is 5.78 Å². The number of aliphatic hydroxyl groups is 1. The van der Waals surface area contributed by atoms with E-state index in [1.807, 2.05) is 0 Å². The smallest absolute Gasteiger partial charge is 0.245 e. The number of aliphatic hydroxyl groups excluding tert-OH is 1. The summed E-state index contributed by atoms with van der Waals surface area (Å²) in [5.41, 5.74) is 16.2. The van der Waals surface area contributed by atoms with E-state index >= 15 is 0 Å². The lowest BCUT2D eigenvalue weighted by molar-refractivity contribution is -0.140. The van der Waals surface area contributed by atoms with Gasteiger partial charge < -0.3 is 53.5 Å². The zero-order chi connectivity index (χ0) is 35.3. The van der Waals surface area contributed by atoms with Crippen LogP contribution in [0.4, 0.5) is 4.39 Å². The van der Waals surface area contributed by atoms with Crippen molar-refractivity contribution in [1.29, 1.82) is 0 Å². The molecule has 7 amide bonds. The molecule has 0 bridgehead atoms. The maximum Gasteiger partial charge on any atom is 0.245 e. The highest BCUT2D eigenvalue weighted by Gasteiger charge is 2.38. The van der Waals surface area contributed by atoms with Crippen LogP contribution in [0.3, 0.4) is 0 Å². The first-order chi connectivity index (χ1) is 22.2. The van der Waals surface area contributed by atoms with Gasteiger partial charge in [-0.05, 0) is 12.8 Å². The average molecular weight is 687 g/mol. The van der Waals surface area contributed by atoms with Crippen molar-refractivity contribution in [2.24, 2.45) is 17.2 Å². The van der Waals surface area contributed by atoms with Gasteiger partial charge in [-0.3, -0.25) is 38.4 Å². The number of alkyl halides is 1. The summed E-state index contributed by atoms with van der Waals surface area (Å²) in [6.07, 6.45) is 2.10. The Morgan fingerprint density at radius 1 is 0.979 bits per heavy atom. The minimum atomic E-state index is -1.65. The molecule has 260 valence electrons. The molecule has 12 N–H and O–H groups in total. The molecule has 1 fully saturated rings. The van der Waals surface area contributed by atoms with Crippen LogP contribution in [0.25, 0.3) is 0 Å². The Labute approximate surface area is 273 Å². The topological polar surface area (TPSA) is 315 Å². The Balaban J connectivity index is 2.14. The molecule has 0 radical (unpaired) electrons. The van der Waals surface area contributed by atoms with E-state index in [9.17, 15) is 47.9 Å². The van der Waals surface area contributed by atoms with Crippen molar-refractivity contribution < 1.29 is 47.9 Å². The number of imidazole rings is 1. The number of ketones is 1. The summed E-state index contributed by atoms with van der Waals surface area (Å²) in [6, 6.07) is -8.34. The number of hydrogen-bond donors (Lipinski definition) is 10. The average Bonchev–Trinajstić information content (AvgIpc) is 3.73. The van der Waals surface area contributed by atoms with Gasteiger partial charge in [-0.15, -0.1) is 0 Å². The van der Waals surface area contributed by atoms with E-state index in [0.29, 0.717) is 12.1 Å². The van der Waals surface area contributed by atoms with Crippen LogP contribution in [0.5, 0.6) is 0 Å². The van der Waals surface area contributed by atoms with Crippen LogP contribution in [0.2, 0.25) is 0 Å². The number of Topliss-reactive ketones (excluding diaryl/α,β-unsaturated/α-hetero) is 1. The second kappa shape index (κ2) is 18.5. The molecular formula is C26H39FN10O9S. The van der Waals surface area contributed by atoms with Gasteiger partial charge in [0.25, 0.3) is 0 Å². The summed E-state index contributed by atoms with van der Waals surface area (Å²) in [7, 11) is 0. The Bertz CT molecular complexity index is 1320. The third kappa shape index (κ3) is 11.6. The fourth-order valence-electron chi connectivity index (χ4n) is 4.57. The number of primary amides is 2. The molecule has 1 unspecified atom stereocenters. The lowest BCUT2D eigenvalue weighted by Gasteiger charge is -2.28. The van der Waals surface area contributed by atoms with Crippen molar-refractivity contribution in [2.45, 2.75) is 68.4 Å². The van der Waals surface area contributed by atoms with Crippen molar-refractivity contribution in [3.8, 4) is 0 Å². The number of carbonyl (C=O) groups excluding carboxylic acids is 8. The van der Waals surface area contributed by atoms with E-state index in [0.717, 1.165) is 0 Å². The number of thiol groups is 1. The Kier molecular flexibility index (Phi) is 15.2. The molecule has 19 nitrogen and oxygen atoms in total. The van der Waals surface area contributed by atoms with E-state index in [-0.39, 0.29) is 25.1 Å². The first-order valence-corrected chi connectivity index (χ1v) is 15.0. The maximum absolute atomic E-state index is 13.4. The SMILES string of the molecule is NC(=O)C[C@H](NC(=O)[C@H](CS)NC(=O)[C@H](CO)NC(=O)[C@H](Cc1c[nH]cn1)NC(=O)[C@@H]1CCCN1C(=O)CC(N)C(=O)CF)C(N)=O. The predicted octanol–water partition coefficient (Wildman–Crippen LogP) is -5.58. The van der Waals surface area contributed by atoms with Crippen molar-refractivity contribution in [3.05, 3.63) is 18.2 Å². The van der Waals surface area contributed by atoms with E-state index in [1.54, 1.807) is 0 Å². The molecule has 1 aliphatic rings. The van der Waals surface area contributed by atoms with Gasteiger partial charge in [-0.25, -0.2) is 9.37 Å². The van der Waals surface area contributed by atoms with Gasteiger partial charge in [0.05, 0.1) is 31.1 Å². The van der Waals surface area contributed by atoms with Crippen LogP contribution >= 0.6 is 12.6 Å². The molecule has 1 aromatic heterocycles. The molecular weight excluding hydrogens is 647 g/mol. The molecule has 0 aromatic carbocycles. The number of likely N-dealkylation sites (tertiary alicyclic amines) is 1. The summed E-state index contributed by atoms with van der Waals surface area (Å²) in [5, 5.41) is 19.1.